The number of hydrogen-bond acceptors (Lipinski definition) is 9. The van der Waals surface area contributed by atoms with Gasteiger partial charge in [0.15, 0.2) is 6.10 Å². The summed E-state index contributed by atoms with van der Waals surface area (Å²) in [6.07, 6.45) is 46.6. The number of phosphoric ester groups is 1. The van der Waals surface area contributed by atoms with E-state index in [9.17, 15) is 24.2 Å². The Bertz CT molecular complexity index is 1210. The minimum Gasteiger partial charge on any atom is -0.462 e. The highest BCUT2D eigenvalue weighted by Gasteiger charge is 2.25. The van der Waals surface area contributed by atoms with Gasteiger partial charge >= 0.3 is 19.8 Å². The summed E-state index contributed by atoms with van der Waals surface area (Å²) in [5.74, 6) is -0.951. The van der Waals surface area contributed by atoms with Crippen molar-refractivity contribution in [2.75, 3.05) is 26.4 Å². The number of carbonyl (C=O) groups excluding carboxylic acids is 2. The monoisotopic (exact) mass is 806 g/mol. The molecule has 0 rings (SSSR count). The van der Waals surface area contributed by atoms with Crippen LogP contribution >= 0.6 is 7.82 Å². The van der Waals surface area contributed by atoms with Crippen LogP contribution in [0.4, 0.5) is 0 Å². The van der Waals surface area contributed by atoms with Crippen molar-refractivity contribution in [3.63, 3.8) is 0 Å². The Kier molecular flexibility index (Phi) is 38.3. The largest absolute Gasteiger partial charge is 0.472 e. The van der Waals surface area contributed by atoms with Gasteiger partial charge in [-0.25, -0.2) is 4.57 Å². The fourth-order valence-corrected chi connectivity index (χ4v) is 5.89. The van der Waals surface area contributed by atoms with Crippen molar-refractivity contribution in [3.05, 3.63) is 85.1 Å². The molecule has 11 heteroatoms. The predicted molar refractivity (Wildman–Crippen MR) is 230 cm³/mol. The number of aliphatic hydroxyl groups excluding tert-OH is 1. The summed E-state index contributed by atoms with van der Waals surface area (Å²) in [6.45, 7) is 3.42. The fourth-order valence-electron chi connectivity index (χ4n) is 5.12. The highest BCUT2D eigenvalue weighted by Crippen LogP contribution is 2.43. The molecule has 0 spiro atoms. The normalized spacial score (nSPS) is 14.7. The van der Waals surface area contributed by atoms with E-state index in [4.69, 9.17) is 24.3 Å². The van der Waals surface area contributed by atoms with Gasteiger partial charge in [-0.05, 0) is 83.5 Å². The second-order valence-corrected chi connectivity index (χ2v) is 15.1. The van der Waals surface area contributed by atoms with Gasteiger partial charge in [-0.3, -0.25) is 18.6 Å². The molecule has 4 N–H and O–H groups in total. The first-order valence-electron chi connectivity index (χ1n) is 21.2. The topological polar surface area (TPSA) is 155 Å². The molecule has 0 aliphatic carbocycles. The SMILES string of the molecule is CCCCC/C=C\C/C=C\C/C=C\CCCCCCC(=O)O[C@H](COC(=O)CCC/C=C\C/C=C\C/C=C\C/C=C\[C@@H](O)CCCC)COP(=O)(O)OCCN. The van der Waals surface area contributed by atoms with E-state index in [1.807, 2.05) is 24.3 Å². The maximum absolute atomic E-state index is 12.6. The maximum atomic E-state index is 12.6. The van der Waals surface area contributed by atoms with Gasteiger partial charge < -0.3 is 25.2 Å². The molecule has 0 aliphatic heterocycles. The van der Waals surface area contributed by atoms with E-state index >= 15 is 0 Å². The van der Waals surface area contributed by atoms with Crippen LogP contribution in [0.1, 0.15) is 149 Å². The number of unbranched alkanes of at least 4 members (excludes halogenated alkanes) is 9. The van der Waals surface area contributed by atoms with Gasteiger partial charge in [-0.1, -0.05) is 137 Å². The summed E-state index contributed by atoms with van der Waals surface area (Å²) >= 11 is 0. The van der Waals surface area contributed by atoms with Gasteiger partial charge in [-0.15, -0.1) is 0 Å². The number of carbonyl (C=O) groups is 2. The third kappa shape index (κ3) is 39.4. The standard InChI is InChI=1S/C45H76NO9P/c1-3-5-7-8-9-10-11-12-13-14-15-16-21-24-27-30-33-37-45(49)55-43(41-54-56(50,51)53-39-38-46)40-52-44(48)36-32-29-26-23-20-18-17-19-22-25-28-31-35-42(47)34-6-4-2/h9-10,12-13,15-18,22-23,25-26,31,35,42-43,47H,3-8,11,14,19-21,24,27-30,32-34,36-41,46H2,1-2H3,(H,50,51)/b10-9-,13-12-,16-15-,18-17-,25-22-,26-23-,35-31-/t42-,43+/m0/s1. The molecule has 0 bridgehead atoms. The second kappa shape index (κ2) is 40.4. The highest BCUT2D eigenvalue weighted by molar-refractivity contribution is 7.47. The zero-order valence-corrected chi connectivity index (χ0v) is 35.6. The zero-order valence-electron chi connectivity index (χ0n) is 34.7. The summed E-state index contributed by atoms with van der Waals surface area (Å²) < 4.78 is 32.6. The molecule has 0 aliphatic rings. The number of aliphatic hydroxyl groups is 1. The van der Waals surface area contributed by atoms with E-state index in [0.717, 1.165) is 77.0 Å². The van der Waals surface area contributed by atoms with Crippen molar-refractivity contribution in [2.24, 2.45) is 5.73 Å². The first-order valence-corrected chi connectivity index (χ1v) is 22.6. The zero-order chi connectivity index (χ0) is 41.2. The first kappa shape index (κ1) is 53.1. The van der Waals surface area contributed by atoms with Gasteiger partial charge in [0.25, 0.3) is 0 Å². The lowest BCUT2D eigenvalue weighted by Crippen LogP contribution is -2.29. The molecule has 0 aromatic rings. The molecule has 56 heavy (non-hydrogen) atoms. The average Bonchev–Trinajstić information content (AvgIpc) is 3.18. The summed E-state index contributed by atoms with van der Waals surface area (Å²) in [5.41, 5.74) is 5.33. The van der Waals surface area contributed by atoms with Crippen LogP contribution in [0.15, 0.2) is 85.1 Å². The number of phosphoric acid groups is 1. The van der Waals surface area contributed by atoms with Crippen molar-refractivity contribution in [2.45, 2.75) is 161 Å². The number of esters is 2. The molecule has 0 saturated heterocycles. The molecule has 0 saturated carbocycles. The first-order chi connectivity index (χ1) is 27.2. The van der Waals surface area contributed by atoms with Crippen LogP contribution in [0.5, 0.6) is 0 Å². The van der Waals surface area contributed by atoms with Crippen LogP contribution < -0.4 is 5.73 Å². The predicted octanol–water partition coefficient (Wildman–Crippen LogP) is 11.0. The Labute approximate surface area is 339 Å². The number of rotatable bonds is 38. The fraction of sp³-hybridized carbons (Fsp3) is 0.644. The lowest BCUT2D eigenvalue weighted by molar-refractivity contribution is -0.161. The summed E-state index contributed by atoms with van der Waals surface area (Å²) in [7, 11) is -4.41. The quantitative estimate of drug-likeness (QED) is 0.0238. The van der Waals surface area contributed by atoms with E-state index in [-0.39, 0.29) is 38.7 Å². The molecular weight excluding hydrogens is 729 g/mol. The molecule has 0 amide bonds. The van der Waals surface area contributed by atoms with E-state index in [2.05, 4.69) is 74.6 Å². The van der Waals surface area contributed by atoms with Crippen LogP contribution in [0.25, 0.3) is 0 Å². The summed E-state index contributed by atoms with van der Waals surface area (Å²) in [4.78, 5) is 34.8. The number of nitrogens with two attached hydrogens (primary N) is 1. The minimum absolute atomic E-state index is 0.0313. The maximum Gasteiger partial charge on any atom is 0.472 e. The number of ether oxygens (including phenoxy) is 2. The smallest absolute Gasteiger partial charge is 0.462 e. The third-order valence-corrected chi connectivity index (χ3v) is 9.31. The van der Waals surface area contributed by atoms with Crippen molar-refractivity contribution >= 4 is 19.8 Å². The Morgan fingerprint density at radius 1 is 0.607 bits per heavy atom. The van der Waals surface area contributed by atoms with Crippen LogP contribution in [-0.2, 0) is 32.7 Å². The second-order valence-electron chi connectivity index (χ2n) is 13.7. The van der Waals surface area contributed by atoms with E-state index in [0.29, 0.717) is 19.3 Å². The Hall–Kier alpha value is -2.85. The molecule has 0 heterocycles. The molecule has 10 nitrogen and oxygen atoms in total. The number of hydrogen-bond donors (Lipinski definition) is 3. The van der Waals surface area contributed by atoms with E-state index < -0.39 is 32.5 Å². The van der Waals surface area contributed by atoms with E-state index in [1.54, 1.807) is 0 Å². The molecule has 0 aromatic carbocycles. The Morgan fingerprint density at radius 2 is 1.11 bits per heavy atom. The van der Waals surface area contributed by atoms with Gasteiger partial charge in [-0.2, -0.15) is 0 Å². The molecule has 0 aromatic heterocycles. The number of allylic oxidation sites excluding steroid dienone is 13. The van der Waals surface area contributed by atoms with Gasteiger partial charge in [0.1, 0.15) is 6.61 Å². The van der Waals surface area contributed by atoms with Crippen LogP contribution in [0.2, 0.25) is 0 Å². The highest BCUT2D eigenvalue weighted by atomic mass is 31.2. The van der Waals surface area contributed by atoms with Crippen LogP contribution in [0.3, 0.4) is 0 Å². The van der Waals surface area contributed by atoms with Gasteiger partial charge in [0.2, 0.25) is 0 Å². The van der Waals surface area contributed by atoms with Crippen LogP contribution in [-0.4, -0.2) is 60.5 Å². The van der Waals surface area contributed by atoms with Crippen molar-refractivity contribution in [1.29, 1.82) is 0 Å². The molecule has 320 valence electrons. The molecule has 0 radical (unpaired) electrons. The van der Waals surface area contributed by atoms with Gasteiger partial charge in [0.05, 0.1) is 19.3 Å². The lowest BCUT2D eigenvalue weighted by Gasteiger charge is -2.19. The molecular formula is C45H76NO9P. The van der Waals surface area contributed by atoms with Crippen molar-refractivity contribution in [1.82, 2.24) is 0 Å². The van der Waals surface area contributed by atoms with E-state index in [1.165, 1.54) is 25.7 Å². The molecule has 1 unspecified atom stereocenters. The molecule has 0 fully saturated rings. The Balaban J connectivity index is 4.36. The lowest BCUT2D eigenvalue weighted by atomic mass is 10.1. The van der Waals surface area contributed by atoms with Crippen molar-refractivity contribution < 1.29 is 42.7 Å². The minimum atomic E-state index is -4.41. The average molecular weight is 806 g/mol. The summed E-state index contributed by atoms with van der Waals surface area (Å²) in [5, 5.41) is 9.80. The van der Waals surface area contributed by atoms with Crippen LogP contribution in [0, 0.1) is 0 Å². The Morgan fingerprint density at radius 3 is 1.68 bits per heavy atom. The third-order valence-electron chi connectivity index (χ3n) is 8.32. The summed E-state index contributed by atoms with van der Waals surface area (Å²) in [6, 6.07) is 0. The molecule has 3 atom stereocenters. The van der Waals surface area contributed by atoms with Gasteiger partial charge in [0, 0.05) is 19.4 Å². The van der Waals surface area contributed by atoms with Crippen molar-refractivity contribution in [3.8, 4) is 0 Å².